The third-order valence-electron chi connectivity index (χ3n) is 7.39. The van der Waals surface area contributed by atoms with E-state index in [2.05, 4.69) is 0 Å². The molecule has 1 aliphatic heterocycles. The Balaban J connectivity index is 1.79. The van der Waals surface area contributed by atoms with Gasteiger partial charge >= 0.3 is 5.97 Å². The highest BCUT2D eigenvalue weighted by Crippen LogP contribution is 2.48. The highest BCUT2D eigenvalue weighted by Gasteiger charge is 2.45. The summed E-state index contributed by atoms with van der Waals surface area (Å²) < 4.78 is 22.0. The van der Waals surface area contributed by atoms with Gasteiger partial charge in [0.25, 0.3) is 0 Å². The summed E-state index contributed by atoms with van der Waals surface area (Å²) in [5.41, 5.74) is 3.84. The molecule has 0 N–H and O–H groups in total. The molecule has 2 aromatic rings. The molecule has 0 amide bonds. The van der Waals surface area contributed by atoms with Gasteiger partial charge in [0.2, 0.25) is 0 Å². The zero-order chi connectivity index (χ0) is 26.7. The van der Waals surface area contributed by atoms with Crippen LogP contribution in [0.25, 0.3) is 0 Å². The van der Waals surface area contributed by atoms with Crippen molar-refractivity contribution in [1.82, 2.24) is 0 Å². The van der Waals surface area contributed by atoms with Crippen LogP contribution in [0.2, 0.25) is 0 Å². The maximum Gasteiger partial charge on any atom is 0.315 e. The zero-order valence-electron chi connectivity index (χ0n) is 22.4. The molecule has 0 bridgehead atoms. The lowest BCUT2D eigenvalue weighted by atomic mass is 9.69. The highest BCUT2D eigenvalue weighted by molar-refractivity contribution is 6.09. The molecule has 4 atom stereocenters. The van der Waals surface area contributed by atoms with Crippen molar-refractivity contribution in [2.75, 3.05) is 21.3 Å². The van der Waals surface area contributed by atoms with Gasteiger partial charge < -0.3 is 18.9 Å². The van der Waals surface area contributed by atoms with E-state index >= 15 is 0 Å². The summed E-state index contributed by atoms with van der Waals surface area (Å²) in [5, 5.41) is 0. The molecular formula is C30H35NO6. The number of aliphatic imine (C=N–C) groups is 1. The molecular weight excluding hydrogens is 470 g/mol. The predicted molar refractivity (Wildman–Crippen MR) is 142 cm³/mol. The third-order valence-corrected chi connectivity index (χ3v) is 7.39. The Labute approximate surface area is 218 Å². The fraction of sp³-hybridized carbons (Fsp3) is 0.433. The number of methoxy groups -OCH3 is 3. The number of carbonyl (C=O) groups excluding carboxylic acids is 2. The number of benzene rings is 2. The van der Waals surface area contributed by atoms with E-state index in [1.807, 2.05) is 57.2 Å². The third kappa shape index (κ3) is 5.26. The molecule has 1 aliphatic carbocycles. The van der Waals surface area contributed by atoms with Crippen molar-refractivity contribution in [2.24, 2.45) is 10.9 Å². The number of hydrogen-bond acceptors (Lipinski definition) is 7. The molecule has 1 unspecified atom stereocenters. The van der Waals surface area contributed by atoms with Crippen LogP contribution in [0, 0.1) is 5.92 Å². The van der Waals surface area contributed by atoms with Gasteiger partial charge in [0.15, 0.2) is 17.3 Å². The Morgan fingerprint density at radius 2 is 1.65 bits per heavy atom. The molecule has 7 heteroatoms. The molecule has 4 rings (SSSR count). The van der Waals surface area contributed by atoms with Crippen molar-refractivity contribution < 1.29 is 28.5 Å². The Kier molecular flexibility index (Phi) is 8.00. The summed E-state index contributed by atoms with van der Waals surface area (Å²) in [6.45, 7) is 5.69. The second-order valence-electron chi connectivity index (χ2n) is 9.64. The minimum absolute atomic E-state index is 0.000516. The van der Waals surface area contributed by atoms with Crippen LogP contribution < -0.4 is 14.2 Å². The number of nitrogens with zero attached hydrogens (tertiary/aromatic N) is 1. The number of ether oxygens (including phenoxy) is 4. The lowest BCUT2D eigenvalue weighted by Gasteiger charge is -2.37. The maximum atomic E-state index is 13.8. The van der Waals surface area contributed by atoms with E-state index in [1.165, 1.54) is 0 Å². The van der Waals surface area contributed by atoms with Gasteiger partial charge in [0.1, 0.15) is 11.7 Å². The van der Waals surface area contributed by atoms with Gasteiger partial charge in [0, 0.05) is 29.3 Å². The molecule has 0 saturated heterocycles. The largest absolute Gasteiger partial charge is 0.497 e. The van der Waals surface area contributed by atoms with E-state index in [1.54, 1.807) is 27.4 Å². The number of allylic oxidation sites excluding steroid dienone is 2. The van der Waals surface area contributed by atoms with Crippen molar-refractivity contribution >= 4 is 17.5 Å². The number of rotatable bonds is 8. The van der Waals surface area contributed by atoms with Gasteiger partial charge in [-0.05, 0) is 68.0 Å². The van der Waals surface area contributed by atoms with Crippen molar-refractivity contribution in [3.8, 4) is 17.2 Å². The van der Waals surface area contributed by atoms with E-state index < -0.39 is 11.8 Å². The van der Waals surface area contributed by atoms with Crippen LogP contribution in [-0.4, -0.2) is 44.9 Å². The Bertz CT molecular complexity index is 1230. The van der Waals surface area contributed by atoms with Crippen LogP contribution in [0.1, 0.15) is 63.0 Å². The molecule has 2 aliphatic rings. The summed E-state index contributed by atoms with van der Waals surface area (Å²) >= 11 is 0. The fourth-order valence-electron chi connectivity index (χ4n) is 5.24. The van der Waals surface area contributed by atoms with Crippen molar-refractivity contribution in [3.63, 3.8) is 0 Å². The Morgan fingerprint density at radius 3 is 2.27 bits per heavy atom. The van der Waals surface area contributed by atoms with E-state index in [-0.39, 0.29) is 23.8 Å². The first-order valence-electron chi connectivity index (χ1n) is 12.7. The average molecular weight is 506 g/mol. The van der Waals surface area contributed by atoms with Crippen LogP contribution in [-0.2, 0) is 14.3 Å². The normalized spacial score (nSPS) is 22.1. The minimum Gasteiger partial charge on any atom is -0.497 e. The van der Waals surface area contributed by atoms with Crippen LogP contribution in [0.5, 0.6) is 17.2 Å². The molecule has 0 aromatic heterocycles. The van der Waals surface area contributed by atoms with Gasteiger partial charge in [-0.25, -0.2) is 0 Å². The van der Waals surface area contributed by atoms with E-state index in [0.29, 0.717) is 42.0 Å². The molecule has 0 saturated carbocycles. The van der Waals surface area contributed by atoms with Crippen molar-refractivity contribution in [1.29, 1.82) is 0 Å². The van der Waals surface area contributed by atoms with Crippen LogP contribution in [0.3, 0.4) is 0 Å². The molecule has 0 radical (unpaired) electrons. The quantitative estimate of drug-likeness (QED) is 0.433. The van der Waals surface area contributed by atoms with Crippen LogP contribution >= 0.6 is 0 Å². The van der Waals surface area contributed by atoms with Gasteiger partial charge in [-0.1, -0.05) is 25.1 Å². The molecule has 2 aromatic carbocycles. The van der Waals surface area contributed by atoms with Gasteiger partial charge in [-0.15, -0.1) is 0 Å². The standard InChI is InChI=1S/C30H35NO6/c1-7-17(2)37-30(33)27-18(3)31-23-14-21(19-8-11-22(34-4)12-9-19)15-24(32)29(23)28(27)20-10-13-25(35-5)26(16-20)36-6/h8-13,16-17,21,27-28H,7,14-15H2,1-6H3/t17-,21-,27?,28-/m1/s1. The minimum atomic E-state index is -0.702. The summed E-state index contributed by atoms with van der Waals surface area (Å²) in [4.78, 5) is 32.1. The number of hydrogen-bond donors (Lipinski definition) is 0. The van der Waals surface area contributed by atoms with E-state index in [4.69, 9.17) is 23.9 Å². The highest BCUT2D eigenvalue weighted by atomic mass is 16.5. The smallest absolute Gasteiger partial charge is 0.315 e. The fourth-order valence-corrected chi connectivity index (χ4v) is 5.24. The first-order chi connectivity index (χ1) is 17.8. The summed E-state index contributed by atoms with van der Waals surface area (Å²) in [7, 11) is 4.78. The van der Waals surface area contributed by atoms with Crippen molar-refractivity contribution in [3.05, 3.63) is 64.9 Å². The second kappa shape index (κ2) is 11.2. The number of Topliss-reactive ketones (excluding diaryl/α,β-unsaturated/α-hetero) is 1. The van der Waals surface area contributed by atoms with Crippen molar-refractivity contribution in [2.45, 2.75) is 58.0 Å². The molecule has 1 heterocycles. The van der Waals surface area contributed by atoms with Gasteiger partial charge in [-0.2, -0.15) is 0 Å². The lowest BCUT2D eigenvalue weighted by Crippen LogP contribution is -2.39. The average Bonchev–Trinajstić information content (AvgIpc) is 2.91. The van der Waals surface area contributed by atoms with E-state index in [0.717, 1.165) is 22.6 Å². The lowest BCUT2D eigenvalue weighted by molar-refractivity contribution is -0.151. The first-order valence-corrected chi connectivity index (χ1v) is 12.7. The summed E-state index contributed by atoms with van der Waals surface area (Å²) in [5.74, 6) is 0.300. The Morgan fingerprint density at radius 1 is 0.973 bits per heavy atom. The second-order valence-corrected chi connectivity index (χ2v) is 9.64. The maximum absolute atomic E-state index is 13.8. The molecule has 7 nitrogen and oxygen atoms in total. The molecule has 196 valence electrons. The predicted octanol–water partition coefficient (Wildman–Crippen LogP) is 5.63. The number of esters is 1. The molecule has 0 fully saturated rings. The Hall–Kier alpha value is -3.61. The number of ketones is 1. The number of carbonyl (C=O) groups is 2. The monoisotopic (exact) mass is 505 g/mol. The zero-order valence-corrected chi connectivity index (χ0v) is 22.4. The molecule has 37 heavy (non-hydrogen) atoms. The van der Waals surface area contributed by atoms with Crippen LogP contribution in [0.4, 0.5) is 0 Å². The van der Waals surface area contributed by atoms with E-state index in [9.17, 15) is 9.59 Å². The van der Waals surface area contributed by atoms with Crippen LogP contribution in [0.15, 0.2) is 58.7 Å². The summed E-state index contributed by atoms with van der Waals surface area (Å²) in [6, 6.07) is 13.4. The van der Waals surface area contributed by atoms with Gasteiger partial charge in [0.05, 0.1) is 27.4 Å². The summed E-state index contributed by atoms with van der Waals surface area (Å²) in [6.07, 6.45) is 1.42. The topological polar surface area (TPSA) is 83.4 Å². The molecule has 0 spiro atoms. The SMILES string of the molecule is CC[C@@H](C)OC(=O)C1C(C)=NC2=C(C(=O)C[C@H](c3ccc(OC)cc3)C2)[C@@H]1c1ccc(OC)c(OC)c1. The van der Waals surface area contributed by atoms with Gasteiger partial charge in [-0.3, -0.25) is 14.6 Å². The first kappa shape index (κ1) is 26.5.